The van der Waals surface area contributed by atoms with Gasteiger partial charge >= 0.3 is 0 Å². The fourth-order valence-electron chi connectivity index (χ4n) is 4.66. The van der Waals surface area contributed by atoms with Crippen molar-refractivity contribution in [2.45, 2.75) is 45.2 Å². The van der Waals surface area contributed by atoms with Crippen molar-refractivity contribution in [3.8, 4) is 5.69 Å². The Hall–Kier alpha value is -3.11. The quantitative estimate of drug-likeness (QED) is 0.515. The van der Waals surface area contributed by atoms with Gasteiger partial charge in [-0.2, -0.15) is 5.10 Å². The first-order valence-corrected chi connectivity index (χ1v) is 13.1. The number of hydrogen-bond acceptors (Lipinski definition) is 4. The SMILES string of the molecule is C=Cc1c(/C(=C\C)C(=O)NC(CC)C2CCN(S(C)=O)[C@@H](C(N)=O)C2)cnn1-c1ccc(F)cc1. The summed E-state index contributed by atoms with van der Waals surface area (Å²) in [4.78, 5) is 25.4. The number of allylic oxidation sites excluding steroid dienone is 1. The number of primary amides is 1. The molecule has 1 fully saturated rings. The van der Waals surface area contributed by atoms with Crippen molar-refractivity contribution < 1.29 is 18.2 Å². The lowest BCUT2D eigenvalue weighted by molar-refractivity contribution is -0.123. The van der Waals surface area contributed by atoms with E-state index in [1.807, 2.05) is 6.92 Å². The van der Waals surface area contributed by atoms with Gasteiger partial charge in [0.05, 0.1) is 28.6 Å². The minimum absolute atomic E-state index is 0.0140. The Bertz CT molecular complexity index is 1140. The van der Waals surface area contributed by atoms with Crippen LogP contribution >= 0.6 is 0 Å². The Morgan fingerprint density at radius 2 is 2.06 bits per heavy atom. The molecule has 0 saturated carbocycles. The van der Waals surface area contributed by atoms with Crippen molar-refractivity contribution in [2.75, 3.05) is 12.8 Å². The average molecular weight is 502 g/mol. The lowest BCUT2D eigenvalue weighted by Gasteiger charge is -2.39. The first-order valence-electron chi connectivity index (χ1n) is 11.5. The number of nitrogens with one attached hydrogen (secondary N) is 1. The van der Waals surface area contributed by atoms with Gasteiger partial charge in [0.2, 0.25) is 5.91 Å². The van der Waals surface area contributed by atoms with Gasteiger partial charge in [-0.3, -0.25) is 9.59 Å². The van der Waals surface area contributed by atoms with Gasteiger partial charge in [0, 0.05) is 30.0 Å². The summed E-state index contributed by atoms with van der Waals surface area (Å²) in [5.41, 5.74) is 7.88. The van der Waals surface area contributed by atoms with E-state index >= 15 is 0 Å². The Kier molecular flexibility index (Phi) is 8.74. The largest absolute Gasteiger partial charge is 0.368 e. The van der Waals surface area contributed by atoms with Gasteiger partial charge in [-0.25, -0.2) is 17.6 Å². The molecular weight excluding hydrogens is 469 g/mol. The minimum atomic E-state index is -1.30. The third kappa shape index (κ3) is 5.76. The summed E-state index contributed by atoms with van der Waals surface area (Å²) in [5, 5.41) is 7.52. The molecule has 2 aromatic rings. The fourth-order valence-corrected chi connectivity index (χ4v) is 5.57. The first kappa shape index (κ1) is 26.5. The number of amides is 2. The van der Waals surface area contributed by atoms with E-state index in [0.29, 0.717) is 48.3 Å². The molecule has 2 amide bonds. The van der Waals surface area contributed by atoms with E-state index in [1.165, 1.54) is 18.4 Å². The highest BCUT2D eigenvalue weighted by Gasteiger charge is 2.37. The Morgan fingerprint density at radius 3 is 2.60 bits per heavy atom. The molecule has 8 nitrogen and oxygen atoms in total. The van der Waals surface area contributed by atoms with Crippen LogP contribution in [0.15, 0.2) is 43.1 Å². The number of aromatic nitrogens is 2. The molecule has 1 aliphatic heterocycles. The van der Waals surface area contributed by atoms with Gasteiger partial charge in [0.25, 0.3) is 5.91 Å². The molecule has 0 spiro atoms. The number of rotatable bonds is 9. The summed E-state index contributed by atoms with van der Waals surface area (Å²) in [6, 6.07) is 5.08. The van der Waals surface area contributed by atoms with E-state index in [4.69, 9.17) is 5.73 Å². The third-order valence-corrected chi connectivity index (χ3v) is 7.57. The maximum atomic E-state index is 13.4. The van der Waals surface area contributed by atoms with Gasteiger partial charge in [-0.1, -0.05) is 19.6 Å². The van der Waals surface area contributed by atoms with Crippen LogP contribution in [0.25, 0.3) is 17.3 Å². The summed E-state index contributed by atoms with van der Waals surface area (Å²) in [6.07, 6.45) is 8.24. The summed E-state index contributed by atoms with van der Waals surface area (Å²) >= 11 is 0. The van der Waals surface area contributed by atoms with Gasteiger partial charge in [-0.15, -0.1) is 0 Å². The molecule has 1 aliphatic rings. The van der Waals surface area contributed by atoms with Crippen molar-refractivity contribution in [1.82, 2.24) is 19.4 Å². The van der Waals surface area contributed by atoms with Gasteiger partial charge in [0.1, 0.15) is 11.9 Å². The molecule has 3 rings (SSSR count). The number of carbonyl (C=O) groups is 2. The molecule has 1 aromatic carbocycles. The summed E-state index contributed by atoms with van der Waals surface area (Å²) in [6.45, 7) is 8.09. The van der Waals surface area contributed by atoms with Crippen molar-refractivity contribution in [3.05, 3.63) is 60.2 Å². The maximum Gasteiger partial charge on any atom is 0.251 e. The maximum absolute atomic E-state index is 13.4. The molecule has 10 heteroatoms. The summed E-state index contributed by atoms with van der Waals surface area (Å²) < 4.78 is 28.6. The Balaban J connectivity index is 1.82. The number of nitrogens with two attached hydrogens (primary N) is 1. The molecule has 2 heterocycles. The zero-order valence-corrected chi connectivity index (χ0v) is 21.1. The van der Waals surface area contributed by atoms with Crippen LogP contribution in [0.3, 0.4) is 0 Å². The number of hydrogen-bond donors (Lipinski definition) is 2. The van der Waals surface area contributed by atoms with E-state index in [9.17, 15) is 18.2 Å². The normalized spacial score (nSPS) is 20.7. The summed E-state index contributed by atoms with van der Waals surface area (Å²) in [5.74, 6) is -1.11. The van der Waals surface area contributed by atoms with Crippen LogP contribution in [0.2, 0.25) is 0 Å². The highest BCUT2D eigenvalue weighted by Crippen LogP contribution is 2.29. The Labute approximate surface area is 207 Å². The smallest absolute Gasteiger partial charge is 0.251 e. The van der Waals surface area contributed by atoms with Gasteiger partial charge in [-0.05, 0) is 62.4 Å². The van der Waals surface area contributed by atoms with E-state index in [0.717, 1.165) is 0 Å². The van der Waals surface area contributed by atoms with E-state index in [2.05, 4.69) is 17.0 Å². The second-order valence-electron chi connectivity index (χ2n) is 8.49. The van der Waals surface area contributed by atoms with E-state index < -0.39 is 22.9 Å². The van der Waals surface area contributed by atoms with Crippen LogP contribution < -0.4 is 11.1 Å². The van der Waals surface area contributed by atoms with Crippen molar-refractivity contribution in [1.29, 1.82) is 0 Å². The predicted molar refractivity (Wildman–Crippen MR) is 136 cm³/mol. The van der Waals surface area contributed by atoms with Crippen molar-refractivity contribution >= 4 is 34.4 Å². The molecule has 3 unspecified atom stereocenters. The molecule has 35 heavy (non-hydrogen) atoms. The highest BCUT2D eigenvalue weighted by atomic mass is 32.2. The highest BCUT2D eigenvalue weighted by molar-refractivity contribution is 7.81. The van der Waals surface area contributed by atoms with Crippen LogP contribution in [-0.2, 0) is 20.6 Å². The molecule has 1 saturated heterocycles. The molecule has 3 N–H and O–H groups in total. The zero-order valence-electron chi connectivity index (χ0n) is 20.2. The predicted octanol–water partition coefficient (Wildman–Crippen LogP) is 2.81. The number of halogens is 1. The standard InChI is InChI=1S/C25H32FN5O3S/c1-5-19(20-15-28-31(22(20)7-3)18-10-8-17(26)9-11-18)25(33)29-21(6-2)16-12-13-30(35(4)34)23(14-16)24(27)32/h5,7-11,15-16,21,23H,3,6,12-14H2,1-2,4H3,(H2,27,32)(H,29,33)/b19-5+/t16?,21?,23-,35?/m1/s1. The molecule has 0 bridgehead atoms. The van der Waals surface area contributed by atoms with Gasteiger partial charge < -0.3 is 11.1 Å². The monoisotopic (exact) mass is 501 g/mol. The average Bonchev–Trinajstić information content (AvgIpc) is 3.26. The lowest BCUT2D eigenvalue weighted by Crippen LogP contribution is -2.53. The van der Waals surface area contributed by atoms with E-state index in [-0.39, 0.29) is 23.7 Å². The van der Waals surface area contributed by atoms with Crippen molar-refractivity contribution in [3.63, 3.8) is 0 Å². The third-order valence-electron chi connectivity index (χ3n) is 6.47. The first-order chi connectivity index (χ1) is 16.7. The number of nitrogens with zero attached hydrogens (tertiary/aromatic N) is 3. The number of piperidine rings is 1. The lowest BCUT2D eigenvalue weighted by atomic mass is 9.84. The number of benzene rings is 1. The molecule has 188 valence electrons. The van der Waals surface area contributed by atoms with Crippen LogP contribution in [0.5, 0.6) is 0 Å². The molecule has 0 aliphatic carbocycles. The summed E-state index contributed by atoms with van der Waals surface area (Å²) in [7, 11) is -1.30. The second-order valence-corrected chi connectivity index (χ2v) is 9.81. The second kappa shape index (κ2) is 11.5. The fraction of sp³-hybridized carbons (Fsp3) is 0.400. The minimum Gasteiger partial charge on any atom is -0.368 e. The zero-order chi connectivity index (χ0) is 25.7. The van der Waals surface area contributed by atoms with E-state index in [1.54, 1.807) is 46.4 Å². The van der Waals surface area contributed by atoms with Crippen LogP contribution in [-0.4, -0.2) is 55.0 Å². The Morgan fingerprint density at radius 1 is 1.37 bits per heavy atom. The van der Waals surface area contributed by atoms with Crippen LogP contribution in [0, 0.1) is 11.7 Å². The van der Waals surface area contributed by atoms with Crippen LogP contribution in [0.1, 0.15) is 44.4 Å². The van der Waals surface area contributed by atoms with Gasteiger partial charge in [0.15, 0.2) is 0 Å². The molecule has 1 aromatic heterocycles. The van der Waals surface area contributed by atoms with Crippen LogP contribution in [0.4, 0.5) is 4.39 Å². The topological polar surface area (TPSA) is 110 Å². The van der Waals surface area contributed by atoms with Crippen molar-refractivity contribution in [2.24, 2.45) is 11.7 Å². The molecule has 0 radical (unpaired) electrons. The number of carbonyl (C=O) groups excluding carboxylic acids is 2. The molecule has 4 atom stereocenters. The molecular formula is C25H32FN5O3S.